The second kappa shape index (κ2) is 6.12. The maximum atomic E-state index is 12.8. The number of nitrogens with one attached hydrogen (secondary N) is 2. The molecule has 138 valence electrons. The van der Waals surface area contributed by atoms with Crippen molar-refractivity contribution < 1.29 is 18.0 Å². The molecule has 0 radical (unpaired) electrons. The van der Waals surface area contributed by atoms with Crippen LogP contribution >= 0.6 is 0 Å². The third-order valence-electron chi connectivity index (χ3n) is 4.92. The Kier molecular flexibility index (Phi) is 4.02. The molecular formula is C18H19F3N4O. The van der Waals surface area contributed by atoms with Crippen molar-refractivity contribution in [3.8, 4) is 0 Å². The SMILES string of the molecule is CC1Cn2nc(C(=O)N[C@@H]3C[C@H]3c3cccc(C(F)(F)F)c3)cc2CN1. The molecule has 5 nitrogen and oxygen atoms in total. The highest BCUT2D eigenvalue weighted by Gasteiger charge is 2.41. The summed E-state index contributed by atoms with van der Waals surface area (Å²) in [6.45, 7) is 3.42. The summed E-state index contributed by atoms with van der Waals surface area (Å²) in [5.41, 5.74) is 1.26. The fourth-order valence-electron chi connectivity index (χ4n) is 3.38. The number of hydrogen-bond donors (Lipinski definition) is 2. The van der Waals surface area contributed by atoms with Crippen molar-refractivity contribution in [2.45, 2.75) is 50.6 Å². The van der Waals surface area contributed by atoms with Crippen LogP contribution in [0.4, 0.5) is 13.2 Å². The highest BCUT2D eigenvalue weighted by molar-refractivity contribution is 5.93. The van der Waals surface area contributed by atoms with Gasteiger partial charge in [0.25, 0.3) is 5.91 Å². The summed E-state index contributed by atoms with van der Waals surface area (Å²) >= 11 is 0. The molecule has 0 bridgehead atoms. The van der Waals surface area contributed by atoms with E-state index < -0.39 is 11.7 Å². The average Bonchev–Trinajstić information content (AvgIpc) is 3.22. The van der Waals surface area contributed by atoms with Gasteiger partial charge in [-0.15, -0.1) is 0 Å². The van der Waals surface area contributed by atoms with E-state index in [1.54, 1.807) is 12.1 Å². The molecule has 2 aliphatic rings. The Labute approximate surface area is 148 Å². The van der Waals surface area contributed by atoms with Gasteiger partial charge in [0.2, 0.25) is 0 Å². The molecule has 0 spiro atoms. The van der Waals surface area contributed by atoms with E-state index in [-0.39, 0.29) is 17.9 Å². The Morgan fingerprint density at radius 3 is 2.92 bits per heavy atom. The van der Waals surface area contributed by atoms with Crippen LogP contribution in [0.25, 0.3) is 0 Å². The Balaban J connectivity index is 1.42. The minimum atomic E-state index is -4.36. The molecule has 2 N–H and O–H groups in total. The number of hydrogen-bond acceptors (Lipinski definition) is 3. The van der Waals surface area contributed by atoms with Crippen LogP contribution < -0.4 is 10.6 Å². The minimum Gasteiger partial charge on any atom is -0.347 e. The number of amides is 1. The Hall–Kier alpha value is -2.35. The van der Waals surface area contributed by atoms with Gasteiger partial charge in [-0.25, -0.2) is 0 Å². The third-order valence-corrected chi connectivity index (χ3v) is 4.92. The number of rotatable bonds is 3. The van der Waals surface area contributed by atoms with Crippen LogP contribution in [0.1, 0.15) is 46.6 Å². The van der Waals surface area contributed by atoms with Crippen molar-refractivity contribution in [3.05, 3.63) is 52.8 Å². The van der Waals surface area contributed by atoms with Gasteiger partial charge in [-0.3, -0.25) is 9.48 Å². The van der Waals surface area contributed by atoms with Crippen molar-refractivity contribution in [2.75, 3.05) is 0 Å². The van der Waals surface area contributed by atoms with E-state index in [1.807, 2.05) is 11.6 Å². The van der Waals surface area contributed by atoms with E-state index in [2.05, 4.69) is 15.7 Å². The Morgan fingerprint density at radius 1 is 1.35 bits per heavy atom. The first kappa shape index (κ1) is 17.1. The summed E-state index contributed by atoms with van der Waals surface area (Å²) in [6, 6.07) is 7.22. The molecule has 2 heterocycles. The van der Waals surface area contributed by atoms with E-state index in [9.17, 15) is 18.0 Å². The number of halogens is 3. The molecule has 1 fully saturated rings. The predicted molar refractivity (Wildman–Crippen MR) is 88.6 cm³/mol. The van der Waals surface area contributed by atoms with E-state index in [0.29, 0.717) is 36.8 Å². The van der Waals surface area contributed by atoms with E-state index >= 15 is 0 Å². The van der Waals surface area contributed by atoms with Gasteiger partial charge in [0.05, 0.1) is 17.8 Å². The molecule has 1 saturated carbocycles. The van der Waals surface area contributed by atoms with Crippen LogP contribution in [0.5, 0.6) is 0 Å². The summed E-state index contributed by atoms with van der Waals surface area (Å²) < 4.78 is 40.3. The van der Waals surface area contributed by atoms with E-state index in [4.69, 9.17) is 0 Å². The monoisotopic (exact) mass is 364 g/mol. The molecule has 1 aromatic heterocycles. The Bertz CT molecular complexity index is 845. The summed E-state index contributed by atoms with van der Waals surface area (Å²) in [6.07, 6.45) is -3.72. The lowest BCUT2D eigenvalue weighted by Gasteiger charge is -2.21. The fourth-order valence-corrected chi connectivity index (χ4v) is 3.38. The molecule has 26 heavy (non-hydrogen) atoms. The summed E-state index contributed by atoms with van der Waals surface area (Å²) in [5, 5.41) is 10.5. The predicted octanol–water partition coefficient (Wildman–Crippen LogP) is 2.68. The van der Waals surface area contributed by atoms with Crippen LogP contribution in [0, 0.1) is 0 Å². The van der Waals surface area contributed by atoms with Gasteiger partial charge >= 0.3 is 6.18 Å². The van der Waals surface area contributed by atoms with Crippen LogP contribution in [-0.4, -0.2) is 27.8 Å². The number of alkyl halides is 3. The van der Waals surface area contributed by atoms with Crippen LogP contribution in [0.2, 0.25) is 0 Å². The largest absolute Gasteiger partial charge is 0.416 e. The minimum absolute atomic E-state index is 0.0832. The van der Waals surface area contributed by atoms with Crippen LogP contribution in [-0.2, 0) is 19.3 Å². The lowest BCUT2D eigenvalue weighted by Crippen LogP contribution is -2.36. The van der Waals surface area contributed by atoms with Gasteiger partial charge < -0.3 is 10.6 Å². The fraction of sp³-hybridized carbons (Fsp3) is 0.444. The van der Waals surface area contributed by atoms with Crippen molar-refractivity contribution in [1.82, 2.24) is 20.4 Å². The first-order valence-electron chi connectivity index (χ1n) is 8.59. The number of aromatic nitrogens is 2. The highest BCUT2D eigenvalue weighted by Crippen LogP contribution is 2.42. The Morgan fingerprint density at radius 2 is 2.15 bits per heavy atom. The zero-order chi connectivity index (χ0) is 18.5. The quantitative estimate of drug-likeness (QED) is 0.880. The normalized spacial score (nSPS) is 24.8. The van der Waals surface area contributed by atoms with Gasteiger partial charge in [-0.1, -0.05) is 18.2 Å². The van der Waals surface area contributed by atoms with Crippen molar-refractivity contribution in [2.24, 2.45) is 0 Å². The molecule has 1 amide bonds. The number of carbonyl (C=O) groups is 1. The molecule has 1 aliphatic carbocycles. The first-order chi connectivity index (χ1) is 12.3. The smallest absolute Gasteiger partial charge is 0.347 e. The van der Waals surface area contributed by atoms with Crippen LogP contribution in [0.3, 0.4) is 0 Å². The molecular weight excluding hydrogens is 345 g/mol. The lowest BCUT2D eigenvalue weighted by molar-refractivity contribution is -0.137. The molecule has 8 heteroatoms. The zero-order valence-corrected chi connectivity index (χ0v) is 14.2. The van der Waals surface area contributed by atoms with Gasteiger partial charge in [-0.05, 0) is 31.0 Å². The molecule has 1 unspecified atom stereocenters. The van der Waals surface area contributed by atoms with Crippen molar-refractivity contribution in [1.29, 1.82) is 0 Å². The number of fused-ring (bicyclic) bond motifs is 1. The summed E-state index contributed by atoms with van der Waals surface area (Å²) in [7, 11) is 0. The topological polar surface area (TPSA) is 59.0 Å². The second-order valence-corrected chi connectivity index (χ2v) is 7.03. The van der Waals surface area contributed by atoms with Crippen LogP contribution in [0.15, 0.2) is 30.3 Å². The third kappa shape index (κ3) is 3.33. The van der Waals surface area contributed by atoms with Gasteiger partial charge in [-0.2, -0.15) is 18.3 Å². The summed E-state index contributed by atoms with van der Waals surface area (Å²) in [5.74, 6) is -0.362. The van der Waals surface area contributed by atoms with Gasteiger partial charge in [0.15, 0.2) is 5.69 Å². The molecule has 2 aromatic rings. The number of carbonyl (C=O) groups excluding carboxylic acids is 1. The standard InChI is InChI=1S/C18H19F3N4O/c1-10-9-25-13(8-22-10)6-16(24-25)17(26)23-15-7-14(15)11-3-2-4-12(5-11)18(19,20)21/h2-6,10,14-15,22H,7-9H2,1H3,(H,23,26)/t10?,14-,15+/m0/s1. The van der Waals surface area contributed by atoms with Gasteiger partial charge in [0, 0.05) is 24.5 Å². The molecule has 0 saturated heterocycles. The average molecular weight is 364 g/mol. The van der Waals surface area contributed by atoms with Crippen molar-refractivity contribution >= 4 is 5.91 Å². The zero-order valence-electron chi connectivity index (χ0n) is 14.2. The van der Waals surface area contributed by atoms with Gasteiger partial charge in [0.1, 0.15) is 0 Å². The maximum absolute atomic E-state index is 12.8. The molecule has 1 aromatic carbocycles. The number of benzene rings is 1. The second-order valence-electron chi connectivity index (χ2n) is 7.03. The number of nitrogens with zero attached hydrogens (tertiary/aromatic N) is 2. The highest BCUT2D eigenvalue weighted by atomic mass is 19.4. The first-order valence-corrected chi connectivity index (χ1v) is 8.59. The lowest BCUT2D eigenvalue weighted by atomic mass is 10.1. The molecule has 3 atom stereocenters. The summed E-state index contributed by atoms with van der Waals surface area (Å²) in [4.78, 5) is 12.4. The maximum Gasteiger partial charge on any atom is 0.416 e. The van der Waals surface area contributed by atoms with E-state index in [0.717, 1.165) is 11.8 Å². The molecule has 4 rings (SSSR count). The van der Waals surface area contributed by atoms with E-state index in [1.165, 1.54) is 12.1 Å². The molecule has 1 aliphatic heterocycles. The van der Waals surface area contributed by atoms with Crippen molar-refractivity contribution in [3.63, 3.8) is 0 Å².